The Morgan fingerprint density at radius 2 is 1.84 bits per heavy atom. The average molecular weight is 491 g/mol. The van der Waals surface area contributed by atoms with E-state index >= 15 is 0 Å². The molecule has 0 amide bonds. The van der Waals surface area contributed by atoms with Crippen LogP contribution in [0.25, 0.3) is 0 Å². The summed E-state index contributed by atoms with van der Waals surface area (Å²) in [5.74, 6) is -0.0949. The zero-order chi connectivity index (χ0) is 18.8. The quantitative estimate of drug-likeness (QED) is 0.576. The Kier molecular flexibility index (Phi) is 6.61. The second kappa shape index (κ2) is 8.13. The summed E-state index contributed by atoms with van der Waals surface area (Å²) in [6.45, 7) is 6.15. The van der Waals surface area contributed by atoms with Crippen LogP contribution in [0.5, 0.6) is 0 Å². The molecule has 8 heteroatoms. The molecular formula is C17H22IN3O2S2. The molecule has 0 fully saturated rings. The minimum absolute atomic E-state index is 0.0949. The van der Waals surface area contributed by atoms with Gasteiger partial charge in [0.15, 0.2) is 0 Å². The van der Waals surface area contributed by atoms with E-state index < -0.39 is 10.0 Å². The first kappa shape index (κ1) is 20.3. The van der Waals surface area contributed by atoms with Crippen molar-refractivity contribution >= 4 is 44.4 Å². The minimum atomic E-state index is -3.55. The van der Waals surface area contributed by atoms with Crippen LogP contribution in [0.3, 0.4) is 0 Å². The van der Waals surface area contributed by atoms with Crippen molar-refractivity contribution in [1.29, 1.82) is 0 Å². The highest BCUT2D eigenvalue weighted by molar-refractivity contribution is 14.1. The molecule has 0 atom stereocenters. The van der Waals surface area contributed by atoms with Crippen LogP contribution in [0.15, 0.2) is 40.5 Å². The molecule has 5 nitrogen and oxygen atoms in total. The normalized spacial score (nSPS) is 12.1. The Hall–Kier alpha value is -1.00. The molecule has 2 aromatic rings. The third-order valence-electron chi connectivity index (χ3n) is 3.43. The molecule has 0 bridgehead atoms. The summed E-state index contributed by atoms with van der Waals surface area (Å²) >= 11 is 3.59. The van der Waals surface area contributed by atoms with Gasteiger partial charge in [0, 0.05) is 19.0 Å². The lowest BCUT2D eigenvalue weighted by molar-refractivity contribution is 0.560. The van der Waals surface area contributed by atoms with E-state index in [9.17, 15) is 8.42 Å². The molecular weight excluding hydrogens is 469 g/mol. The largest absolute Gasteiger partial charge is 0.384 e. The van der Waals surface area contributed by atoms with E-state index in [0.29, 0.717) is 5.03 Å². The molecule has 0 saturated heterocycles. The van der Waals surface area contributed by atoms with Crippen molar-refractivity contribution in [3.8, 4) is 0 Å². The number of aryl methyl sites for hydroxylation is 3. The van der Waals surface area contributed by atoms with Crippen LogP contribution in [0.4, 0.5) is 0 Å². The lowest BCUT2D eigenvalue weighted by Crippen LogP contribution is -2.18. The molecule has 0 aliphatic carbocycles. The van der Waals surface area contributed by atoms with E-state index in [2.05, 4.69) is 46.7 Å². The summed E-state index contributed by atoms with van der Waals surface area (Å²) in [4.78, 5) is 2.88. The molecule has 1 aromatic carbocycles. The molecule has 0 saturated carbocycles. The Bertz CT molecular complexity index is 880. The van der Waals surface area contributed by atoms with Gasteiger partial charge in [-0.3, -0.25) is 0 Å². The van der Waals surface area contributed by atoms with Crippen LogP contribution in [0.1, 0.15) is 16.7 Å². The topological polar surface area (TPSA) is 55.2 Å². The molecule has 25 heavy (non-hydrogen) atoms. The number of hydrogen-bond acceptors (Lipinski definition) is 5. The zero-order valence-corrected chi connectivity index (χ0v) is 18.7. The van der Waals surface area contributed by atoms with Crippen molar-refractivity contribution in [2.45, 2.75) is 30.7 Å². The zero-order valence-electron chi connectivity index (χ0n) is 14.9. The van der Waals surface area contributed by atoms with Gasteiger partial charge in [-0.2, -0.15) is 5.10 Å². The molecule has 0 aliphatic rings. The summed E-state index contributed by atoms with van der Waals surface area (Å²) in [6.07, 6.45) is 4.95. The lowest BCUT2D eigenvalue weighted by Gasteiger charge is -2.13. The molecule has 2 rings (SSSR count). The maximum absolute atomic E-state index is 12.7. The van der Waals surface area contributed by atoms with Gasteiger partial charge < -0.3 is 4.90 Å². The van der Waals surface area contributed by atoms with Crippen molar-refractivity contribution < 1.29 is 8.42 Å². The fourth-order valence-electron chi connectivity index (χ4n) is 2.46. The Balaban J connectivity index is 2.40. The van der Waals surface area contributed by atoms with Gasteiger partial charge in [-0.1, -0.05) is 35.5 Å². The molecule has 136 valence electrons. The maximum Gasteiger partial charge on any atom is 0.258 e. The Labute approximate surface area is 167 Å². The van der Waals surface area contributed by atoms with Crippen molar-refractivity contribution in [3.63, 3.8) is 0 Å². The third-order valence-corrected chi connectivity index (χ3v) is 7.55. The number of aromatic nitrogens is 2. The highest BCUT2D eigenvalue weighted by Gasteiger charge is 2.22. The van der Waals surface area contributed by atoms with Crippen molar-refractivity contribution in [1.82, 2.24) is 14.1 Å². The first-order valence-electron chi connectivity index (χ1n) is 7.67. The lowest BCUT2D eigenvalue weighted by atomic mass is 10.1. The van der Waals surface area contributed by atoms with E-state index in [0.717, 1.165) is 23.7 Å². The summed E-state index contributed by atoms with van der Waals surface area (Å²) in [5, 5.41) is 4.74. The van der Waals surface area contributed by atoms with E-state index in [1.54, 1.807) is 23.4 Å². The van der Waals surface area contributed by atoms with Gasteiger partial charge in [-0.25, -0.2) is 8.42 Å². The second-order valence-electron chi connectivity index (χ2n) is 6.10. The van der Waals surface area contributed by atoms with Gasteiger partial charge in [0.1, 0.15) is 5.03 Å². The minimum Gasteiger partial charge on any atom is -0.384 e. The van der Waals surface area contributed by atoms with E-state index in [1.807, 2.05) is 27.9 Å². The van der Waals surface area contributed by atoms with Crippen molar-refractivity contribution in [2.75, 3.05) is 19.8 Å². The van der Waals surface area contributed by atoms with Crippen LogP contribution in [-0.4, -0.2) is 42.4 Å². The molecule has 0 spiro atoms. The number of nitrogens with zero attached hydrogens (tertiary/aromatic N) is 3. The molecule has 0 unspecified atom stereocenters. The molecule has 1 aromatic heterocycles. The molecule has 0 N–H and O–H groups in total. The van der Waals surface area contributed by atoms with E-state index in [1.165, 1.54) is 17.3 Å². The van der Waals surface area contributed by atoms with Gasteiger partial charge in [0.2, 0.25) is 0 Å². The first-order valence-corrected chi connectivity index (χ1v) is 11.2. The third kappa shape index (κ3) is 5.01. The first-order chi connectivity index (χ1) is 11.6. The smallest absolute Gasteiger partial charge is 0.258 e. The van der Waals surface area contributed by atoms with E-state index in [4.69, 9.17) is 0 Å². The molecule has 0 radical (unpaired) electrons. The molecule has 0 aliphatic heterocycles. The predicted octanol–water partition coefficient (Wildman–Crippen LogP) is 3.82. The second-order valence-corrected chi connectivity index (χ2v) is 10.1. The van der Waals surface area contributed by atoms with Crippen LogP contribution in [0, 0.1) is 24.3 Å². The Morgan fingerprint density at radius 1 is 1.24 bits per heavy atom. The Morgan fingerprint density at radius 3 is 2.40 bits per heavy atom. The highest BCUT2D eigenvalue weighted by Crippen LogP contribution is 2.36. The van der Waals surface area contributed by atoms with Crippen molar-refractivity contribution in [3.05, 3.63) is 50.9 Å². The van der Waals surface area contributed by atoms with Gasteiger partial charge in [0.05, 0.1) is 15.5 Å². The van der Waals surface area contributed by atoms with Gasteiger partial charge in [0.25, 0.3) is 10.0 Å². The van der Waals surface area contributed by atoms with E-state index in [-0.39, 0.29) is 5.75 Å². The predicted molar refractivity (Wildman–Crippen MR) is 112 cm³/mol. The summed E-state index contributed by atoms with van der Waals surface area (Å²) in [5.41, 5.74) is 3.47. The fourth-order valence-corrected chi connectivity index (χ4v) is 5.68. The summed E-state index contributed by atoms with van der Waals surface area (Å²) in [6, 6.07) is 4.22. The summed E-state index contributed by atoms with van der Waals surface area (Å²) in [7, 11) is 0.149. The standard InChI is InChI=1S/C17H22IN3O2S2/c1-12-9-13(2)16(14(3)10-12)24-17-15(18)11-19-21(17)25(22,23)8-6-7-20(4)5/h6-7,9-11H,8H2,1-5H3. The maximum atomic E-state index is 12.7. The monoisotopic (exact) mass is 491 g/mol. The van der Waals surface area contributed by atoms with Gasteiger partial charge in [-0.15, -0.1) is 4.09 Å². The van der Waals surface area contributed by atoms with Gasteiger partial charge >= 0.3 is 0 Å². The number of rotatable bonds is 6. The van der Waals surface area contributed by atoms with Crippen molar-refractivity contribution in [2.24, 2.45) is 0 Å². The number of benzene rings is 1. The number of hydrogen-bond donors (Lipinski definition) is 0. The summed E-state index contributed by atoms with van der Waals surface area (Å²) < 4.78 is 27.3. The fraction of sp³-hybridized carbons (Fsp3) is 0.353. The van der Waals surface area contributed by atoms with Gasteiger partial charge in [-0.05, 0) is 60.7 Å². The SMILES string of the molecule is Cc1cc(C)c(Sc2c(I)cnn2S(=O)(=O)CC=CN(C)C)c(C)c1. The van der Waals surface area contributed by atoms with Crippen LogP contribution < -0.4 is 0 Å². The van der Waals surface area contributed by atoms with Crippen LogP contribution >= 0.6 is 34.4 Å². The molecule has 1 heterocycles. The van der Waals surface area contributed by atoms with Crippen LogP contribution in [-0.2, 0) is 10.0 Å². The average Bonchev–Trinajstić information content (AvgIpc) is 2.84. The number of halogens is 1. The highest BCUT2D eigenvalue weighted by atomic mass is 127. The van der Waals surface area contributed by atoms with Crippen LogP contribution in [0.2, 0.25) is 0 Å².